The number of hydrogen-bond acceptors (Lipinski definition) is 1. The average Bonchev–Trinajstić information content (AvgIpc) is 2.55. The maximum absolute atomic E-state index is 12.9. The number of benzene rings is 2. The lowest BCUT2D eigenvalue weighted by Crippen LogP contribution is -2.11. The van der Waals surface area contributed by atoms with Gasteiger partial charge in [-0.05, 0) is 29.7 Å². The van der Waals surface area contributed by atoms with Gasteiger partial charge in [-0.15, -0.1) is 0 Å². The summed E-state index contributed by atoms with van der Waals surface area (Å²) in [6, 6.07) is 14.2. The van der Waals surface area contributed by atoms with Crippen LogP contribution in [0.25, 0.3) is 0 Å². The largest absolute Gasteiger partial charge is 0.416 e. The van der Waals surface area contributed by atoms with E-state index in [1.54, 1.807) is 0 Å². The highest BCUT2D eigenvalue weighted by molar-refractivity contribution is 5.33. The Bertz CT molecular complexity index is 647. The van der Waals surface area contributed by atoms with E-state index in [1.165, 1.54) is 12.1 Å². The normalized spacial score (nSPS) is 14.8. The van der Waals surface area contributed by atoms with Crippen LogP contribution in [0, 0.1) is 0 Å². The quantitative estimate of drug-likeness (QED) is 0.722. The van der Waals surface area contributed by atoms with Gasteiger partial charge in [0.05, 0.1) is 11.7 Å². The first-order valence-electron chi connectivity index (χ1n) is 7.50. The lowest BCUT2D eigenvalue weighted by molar-refractivity contribution is -0.137. The summed E-state index contributed by atoms with van der Waals surface area (Å²) in [4.78, 5) is 0. The van der Waals surface area contributed by atoms with E-state index in [9.17, 15) is 18.3 Å². The van der Waals surface area contributed by atoms with Crippen molar-refractivity contribution in [3.63, 3.8) is 0 Å². The van der Waals surface area contributed by atoms with Crippen molar-refractivity contribution in [3.05, 3.63) is 83.4 Å². The molecular formula is C19H19F3O. The molecule has 0 aliphatic heterocycles. The number of hydrogen-bond donors (Lipinski definition) is 1. The van der Waals surface area contributed by atoms with Crippen molar-refractivity contribution >= 4 is 0 Å². The summed E-state index contributed by atoms with van der Waals surface area (Å²) in [5.41, 5.74) is 0.372. The highest BCUT2D eigenvalue weighted by Crippen LogP contribution is 2.35. The summed E-state index contributed by atoms with van der Waals surface area (Å²) in [6.45, 7) is 1.97. The van der Waals surface area contributed by atoms with Gasteiger partial charge in [0, 0.05) is 5.92 Å². The molecule has 0 heterocycles. The zero-order chi connectivity index (χ0) is 16.9. The van der Waals surface area contributed by atoms with E-state index in [0.29, 0.717) is 0 Å². The van der Waals surface area contributed by atoms with Crippen LogP contribution in [-0.2, 0) is 6.18 Å². The van der Waals surface area contributed by atoms with Crippen molar-refractivity contribution in [2.45, 2.75) is 31.5 Å². The van der Waals surface area contributed by atoms with E-state index in [0.717, 1.165) is 24.1 Å². The van der Waals surface area contributed by atoms with Gasteiger partial charge in [-0.2, -0.15) is 13.2 Å². The van der Waals surface area contributed by atoms with E-state index in [1.807, 2.05) is 49.4 Å². The second-order valence-corrected chi connectivity index (χ2v) is 5.34. The van der Waals surface area contributed by atoms with Crippen LogP contribution in [0.4, 0.5) is 13.2 Å². The van der Waals surface area contributed by atoms with Crippen molar-refractivity contribution in [2.75, 3.05) is 0 Å². The highest BCUT2D eigenvalue weighted by Gasteiger charge is 2.31. The first kappa shape index (κ1) is 17.3. The van der Waals surface area contributed by atoms with Crippen molar-refractivity contribution < 1.29 is 18.3 Å². The molecule has 0 saturated carbocycles. The van der Waals surface area contributed by atoms with Gasteiger partial charge in [0.2, 0.25) is 0 Å². The molecule has 4 heteroatoms. The SMILES string of the molecule is CC/C=C/[C@H](c1ccccc1)[C@H](O)c1cccc(C(F)(F)F)c1. The smallest absolute Gasteiger partial charge is 0.387 e. The fourth-order valence-electron chi connectivity index (χ4n) is 2.46. The Labute approximate surface area is 134 Å². The van der Waals surface area contributed by atoms with Gasteiger partial charge in [-0.25, -0.2) is 0 Å². The lowest BCUT2D eigenvalue weighted by atomic mass is 9.88. The maximum Gasteiger partial charge on any atom is 0.416 e. The summed E-state index contributed by atoms with van der Waals surface area (Å²) in [7, 11) is 0. The van der Waals surface area contributed by atoms with Crippen molar-refractivity contribution in [3.8, 4) is 0 Å². The van der Waals surface area contributed by atoms with Crippen LogP contribution >= 0.6 is 0 Å². The lowest BCUT2D eigenvalue weighted by Gasteiger charge is -2.22. The standard InChI is InChI=1S/C19H19F3O/c1-2-3-12-17(14-8-5-4-6-9-14)18(23)15-10-7-11-16(13-15)19(20,21)22/h3-13,17-18,23H,2H2,1H3/b12-3+/t17-,18-/m1/s1. The molecule has 0 spiro atoms. The summed E-state index contributed by atoms with van der Waals surface area (Å²) in [6.07, 6.45) is -0.910. The van der Waals surface area contributed by atoms with Gasteiger partial charge in [-0.3, -0.25) is 0 Å². The minimum absolute atomic E-state index is 0.259. The molecule has 0 bridgehead atoms. The van der Waals surface area contributed by atoms with E-state index in [4.69, 9.17) is 0 Å². The second kappa shape index (κ2) is 7.47. The van der Waals surface area contributed by atoms with Crippen molar-refractivity contribution in [2.24, 2.45) is 0 Å². The topological polar surface area (TPSA) is 20.2 Å². The van der Waals surface area contributed by atoms with Crippen LogP contribution in [-0.4, -0.2) is 5.11 Å². The molecule has 2 aromatic rings. The number of alkyl halides is 3. The number of halogens is 3. The third-order valence-corrected chi connectivity index (χ3v) is 3.66. The summed E-state index contributed by atoms with van der Waals surface area (Å²) >= 11 is 0. The Morgan fingerprint density at radius 3 is 2.26 bits per heavy atom. The van der Waals surface area contributed by atoms with E-state index < -0.39 is 17.8 Å². The third kappa shape index (κ3) is 4.45. The Morgan fingerprint density at radius 1 is 1.00 bits per heavy atom. The van der Waals surface area contributed by atoms with Gasteiger partial charge in [-0.1, -0.05) is 61.5 Å². The number of allylic oxidation sites excluding steroid dienone is 1. The molecule has 0 fully saturated rings. The van der Waals surface area contributed by atoms with Crippen molar-refractivity contribution in [1.82, 2.24) is 0 Å². The molecule has 0 amide bonds. The first-order valence-corrected chi connectivity index (χ1v) is 7.50. The summed E-state index contributed by atoms with van der Waals surface area (Å²) in [5.74, 6) is -0.389. The Balaban J connectivity index is 2.38. The fourth-order valence-corrected chi connectivity index (χ4v) is 2.46. The van der Waals surface area contributed by atoms with Crippen LogP contribution in [0.2, 0.25) is 0 Å². The van der Waals surface area contributed by atoms with Gasteiger partial charge in [0.25, 0.3) is 0 Å². The molecule has 0 saturated heterocycles. The van der Waals surface area contributed by atoms with Crippen LogP contribution in [0.1, 0.15) is 42.1 Å². The molecule has 2 aromatic carbocycles. The summed E-state index contributed by atoms with van der Waals surface area (Å²) in [5, 5.41) is 10.6. The Hall–Kier alpha value is -2.07. The minimum Gasteiger partial charge on any atom is -0.387 e. The van der Waals surface area contributed by atoms with Crippen LogP contribution in [0.5, 0.6) is 0 Å². The number of rotatable bonds is 5. The van der Waals surface area contributed by atoms with E-state index in [2.05, 4.69) is 0 Å². The molecule has 0 radical (unpaired) electrons. The van der Waals surface area contributed by atoms with Crippen molar-refractivity contribution in [1.29, 1.82) is 0 Å². The zero-order valence-electron chi connectivity index (χ0n) is 12.8. The predicted molar refractivity (Wildman–Crippen MR) is 85.0 cm³/mol. The molecule has 1 N–H and O–H groups in total. The first-order chi connectivity index (χ1) is 10.9. The number of aliphatic hydroxyl groups is 1. The summed E-state index contributed by atoms with van der Waals surface area (Å²) < 4.78 is 38.6. The molecule has 2 rings (SSSR count). The molecule has 0 aromatic heterocycles. The Morgan fingerprint density at radius 2 is 1.65 bits per heavy atom. The molecule has 23 heavy (non-hydrogen) atoms. The molecule has 1 nitrogen and oxygen atoms in total. The molecule has 122 valence electrons. The average molecular weight is 320 g/mol. The van der Waals surface area contributed by atoms with Gasteiger partial charge < -0.3 is 5.11 Å². The highest BCUT2D eigenvalue weighted by atomic mass is 19.4. The fraction of sp³-hybridized carbons (Fsp3) is 0.263. The molecule has 0 aliphatic carbocycles. The van der Waals surface area contributed by atoms with Gasteiger partial charge in [0.15, 0.2) is 0 Å². The Kier molecular flexibility index (Phi) is 5.61. The van der Waals surface area contributed by atoms with Crippen LogP contribution in [0.15, 0.2) is 66.7 Å². The monoisotopic (exact) mass is 320 g/mol. The molecular weight excluding hydrogens is 301 g/mol. The minimum atomic E-state index is -4.42. The second-order valence-electron chi connectivity index (χ2n) is 5.34. The molecule has 0 aliphatic rings. The molecule has 0 unspecified atom stereocenters. The van der Waals surface area contributed by atoms with Gasteiger partial charge in [0.1, 0.15) is 0 Å². The van der Waals surface area contributed by atoms with Gasteiger partial charge >= 0.3 is 6.18 Å². The predicted octanol–water partition coefficient (Wildman–Crippen LogP) is 5.49. The maximum atomic E-state index is 12.9. The van der Waals surface area contributed by atoms with Crippen LogP contribution < -0.4 is 0 Å². The molecule has 2 atom stereocenters. The van der Waals surface area contributed by atoms with Crippen LogP contribution in [0.3, 0.4) is 0 Å². The third-order valence-electron chi connectivity index (χ3n) is 3.66. The zero-order valence-corrected chi connectivity index (χ0v) is 12.8. The number of aliphatic hydroxyl groups excluding tert-OH is 1. The van der Waals surface area contributed by atoms with E-state index >= 15 is 0 Å². The van der Waals surface area contributed by atoms with E-state index in [-0.39, 0.29) is 11.5 Å².